The molecule has 0 saturated carbocycles. The Morgan fingerprint density at radius 3 is 2.71 bits per heavy atom. The standard InChI is InChI=1S/C32H28O9/c1-16-12-25(34)40-31-27(16)30(36)28(17(2)33)32-29(31)21(15-26(35)41-32)19-5-7-23(37-3)24(14-19)39-10-8-18-4-6-22-20(13-18)9-11-38-22/h4-7,12-14,21,36H,8-11,15H2,1-3H3/t21-/m1/s1. The third-order valence-corrected chi connectivity index (χ3v) is 7.63. The molecule has 3 heterocycles. The van der Waals surface area contributed by atoms with Gasteiger partial charge in [-0.2, -0.15) is 0 Å². The van der Waals surface area contributed by atoms with Gasteiger partial charge in [-0.05, 0) is 54.3 Å². The van der Waals surface area contributed by atoms with Crippen LogP contribution in [0.4, 0.5) is 0 Å². The molecule has 41 heavy (non-hydrogen) atoms. The van der Waals surface area contributed by atoms with Gasteiger partial charge in [0.05, 0.1) is 32.1 Å². The van der Waals surface area contributed by atoms with E-state index in [1.165, 1.54) is 18.6 Å². The summed E-state index contributed by atoms with van der Waals surface area (Å²) in [5, 5.41) is 11.3. The fraction of sp³-hybridized carbons (Fsp3) is 0.281. The highest BCUT2D eigenvalue weighted by Gasteiger charge is 2.37. The first-order valence-electron chi connectivity index (χ1n) is 13.4. The number of carbonyl (C=O) groups is 2. The number of benzene rings is 3. The Labute approximate surface area is 235 Å². The van der Waals surface area contributed by atoms with Crippen LogP contribution in [-0.4, -0.2) is 37.2 Å². The van der Waals surface area contributed by atoms with Crippen LogP contribution < -0.4 is 24.6 Å². The Morgan fingerprint density at radius 2 is 1.93 bits per heavy atom. The van der Waals surface area contributed by atoms with Crippen molar-refractivity contribution in [2.75, 3.05) is 20.3 Å². The normalized spacial score (nSPS) is 15.6. The maximum atomic E-state index is 12.8. The third kappa shape index (κ3) is 4.67. The molecule has 0 amide bonds. The van der Waals surface area contributed by atoms with Crippen LogP contribution in [-0.2, 0) is 17.6 Å². The Balaban J connectivity index is 1.41. The monoisotopic (exact) mass is 556 g/mol. The molecule has 210 valence electrons. The van der Waals surface area contributed by atoms with Gasteiger partial charge in [-0.3, -0.25) is 9.59 Å². The summed E-state index contributed by atoms with van der Waals surface area (Å²) in [7, 11) is 1.54. The van der Waals surface area contributed by atoms with Crippen LogP contribution in [0.5, 0.6) is 28.7 Å². The number of phenols is 1. The summed E-state index contributed by atoms with van der Waals surface area (Å²) in [6.07, 6.45) is 1.48. The smallest absolute Gasteiger partial charge is 0.336 e. The summed E-state index contributed by atoms with van der Waals surface area (Å²) in [6, 6.07) is 12.7. The molecule has 0 unspecified atom stereocenters. The lowest BCUT2D eigenvalue weighted by Crippen LogP contribution is -2.24. The Morgan fingerprint density at radius 1 is 1.10 bits per heavy atom. The zero-order chi connectivity index (χ0) is 28.8. The van der Waals surface area contributed by atoms with Crippen molar-refractivity contribution in [2.24, 2.45) is 0 Å². The maximum Gasteiger partial charge on any atom is 0.336 e. The first-order chi connectivity index (χ1) is 19.7. The number of esters is 1. The second-order valence-electron chi connectivity index (χ2n) is 10.3. The van der Waals surface area contributed by atoms with Gasteiger partial charge in [-0.15, -0.1) is 0 Å². The van der Waals surface area contributed by atoms with Crippen LogP contribution in [0.2, 0.25) is 0 Å². The number of fused-ring (bicyclic) bond motifs is 4. The molecule has 9 nitrogen and oxygen atoms in total. The lowest BCUT2D eigenvalue weighted by atomic mass is 9.82. The number of ether oxygens (including phenoxy) is 4. The molecular weight excluding hydrogens is 528 g/mol. The van der Waals surface area contributed by atoms with Crippen LogP contribution in [0, 0.1) is 6.92 Å². The Kier molecular flexibility index (Phi) is 6.65. The van der Waals surface area contributed by atoms with E-state index >= 15 is 0 Å². The molecule has 0 spiro atoms. The van der Waals surface area contributed by atoms with Gasteiger partial charge in [0, 0.05) is 30.4 Å². The molecular formula is C32H28O9. The summed E-state index contributed by atoms with van der Waals surface area (Å²) < 4.78 is 28.4. The minimum atomic E-state index is -0.651. The number of phenolic OH excluding ortho intramolecular Hbond substituents is 1. The second kappa shape index (κ2) is 10.3. The molecule has 6 rings (SSSR count). The van der Waals surface area contributed by atoms with Gasteiger partial charge in [-0.1, -0.05) is 18.2 Å². The SMILES string of the molecule is COc1ccc([C@H]2CC(=O)Oc3c(C(C)=O)c(O)c4c(C)cc(=O)oc4c32)cc1OCCc1ccc2c(c1)CCO2. The van der Waals surface area contributed by atoms with Gasteiger partial charge in [0.15, 0.2) is 23.0 Å². The number of aromatic hydroxyl groups is 1. The molecule has 0 fully saturated rings. The van der Waals surface area contributed by atoms with Crippen LogP contribution >= 0.6 is 0 Å². The molecule has 9 heteroatoms. The number of hydrogen-bond acceptors (Lipinski definition) is 9. The molecule has 1 atom stereocenters. The number of Topliss-reactive ketones (excluding diaryl/α,β-unsaturated/α-hetero) is 1. The van der Waals surface area contributed by atoms with Crippen molar-refractivity contribution >= 4 is 22.7 Å². The van der Waals surface area contributed by atoms with E-state index in [0.29, 0.717) is 47.8 Å². The van der Waals surface area contributed by atoms with Crippen LogP contribution in [0.15, 0.2) is 51.7 Å². The van der Waals surface area contributed by atoms with E-state index in [1.807, 2.05) is 12.1 Å². The van der Waals surface area contributed by atoms with Gasteiger partial charge < -0.3 is 28.5 Å². The molecule has 4 aromatic rings. The summed E-state index contributed by atoms with van der Waals surface area (Å²) in [5.74, 6) is -0.305. The third-order valence-electron chi connectivity index (χ3n) is 7.63. The number of aryl methyl sites for hydroxylation is 1. The fourth-order valence-corrected chi connectivity index (χ4v) is 5.72. The quantitative estimate of drug-likeness (QED) is 0.145. The molecule has 0 bridgehead atoms. The average Bonchev–Trinajstić information content (AvgIpc) is 3.40. The van der Waals surface area contributed by atoms with E-state index in [-0.39, 0.29) is 28.7 Å². The van der Waals surface area contributed by atoms with Crippen molar-refractivity contribution in [1.82, 2.24) is 0 Å². The van der Waals surface area contributed by atoms with Crippen molar-refractivity contribution in [3.8, 4) is 28.7 Å². The number of hydrogen-bond donors (Lipinski definition) is 1. The Bertz CT molecular complexity index is 1780. The highest BCUT2D eigenvalue weighted by molar-refractivity contribution is 6.09. The molecule has 0 saturated heterocycles. The highest BCUT2D eigenvalue weighted by atomic mass is 16.5. The van der Waals surface area contributed by atoms with E-state index < -0.39 is 29.0 Å². The summed E-state index contributed by atoms with van der Waals surface area (Å²) in [5.41, 5.74) is 3.08. The first-order valence-corrected chi connectivity index (χ1v) is 13.4. The molecule has 3 aromatic carbocycles. The van der Waals surface area contributed by atoms with Crippen molar-refractivity contribution in [3.63, 3.8) is 0 Å². The van der Waals surface area contributed by atoms with Gasteiger partial charge >= 0.3 is 11.6 Å². The minimum absolute atomic E-state index is 0.0730. The molecule has 1 N–H and O–H groups in total. The molecule has 0 radical (unpaired) electrons. The maximum absolute atomic E-state index is 12.8. The fourth-order valence-electron chi connectivity index (χ4n) is 5.72. The van der Waals surface area contributed by atoms with Crippen molar-refractivity contribution in [3.05, 3.63) is 86.3 Å². The van der Waals surface area contributed by atoms with Gasteiger partial charge in [0.1, 0.15) is 22.6 Å². The largest absolute Gasteiger partial charge is 0.506 e. The van der Waals surface area contributed by atoms with Crippen molar-refractivity contribution in [1.29, 1.82) is 0 Å². The van der Waals surface area contributed by atoms with Crippen LogP contribution in [0.3, 0.4) is 0 Å². The Hall–Kier alpha value is -4.79. The number of methoxy groups -OCH3 is 1. The van der Waals surface area contributed by atoms with Crippen molar-refractivity contribution in [2.45, 2.75) is 39.0 Å². The van der Waals surface area contributed by atoms with E-state index in [2.05, 4.69) is 6.07 Å². The molecule has 2 aliphatic heterocycles. The molecule has 0 aliphatic carbocycles. The number of carbonyl (C=O) groups excluding carboxylic acids is 2. The number of ketones is 1. The topological polar surface area (TPSA) is 122 Å². The summed E-state index contributed by atoms with van der Waals surface area (Å²) >= 11 is 0. The van der Waals surface area contributed by atoms with E-state index in [9.17, 15) is 19.5 Å². The summed E-state index contributed by atoms with van der Waals surface area (Å²) in [4.78, 5) is 37.9. The second-order valence-corrected chi connectivity index (χ2v) is 10.3. The predicted octanol–water partition coefficient (Wildman–Crippen LogP) is 5.02. The zero-order valence-electron chi connectivity index (χ0n) is 22.9. The minimum Gasteiger partial charge on any atom is -0.506 e. The van der Waals surface area contributed by atoms with Gasteiger partial charge in [0.25, 0.3) is 0 Å². The van der Waals surface area contributed by atoms with E-state index in [1.54, 1.807) is 32.2 Å². The van der Waals surface area contributed by atoms with Gasteiger partial charge in [-0.25, -0.2) is 4.79 Å². The van der Waals surface area contributed by atoms with Crippen molar-refractivity contribution < 1.29 is 38.1 Å². The lowest BCUT2D eigenvalue weighted by Gasteiger charge is -2.28. The van der Waals surface area contributed by atoms with E-state index in [0.717, 1.165) is 17.7 Å². The average molecular weight is 557 g/mol. The number of rotatable bonds is 7. The highest BCUT2D eigenvalue weighted by Crippen LogP contribution is 2.50. The van der Waals surface area contributed by atoms with Crippen LogP contribution in [0.1, 0.15) is 57.4 Å². The van der Waals surface area contributed by atoms with E-state index in [4.69, 9.17) is 23.4 Å². The summed E-state index contributed by atoms with van der Waals surface area (Å²) in [6.45, 7) is 4.00. The molecule has 1 aromatic heterocycles. The molecule has 2 aliphatic rings. The predicted molar refractivity (Wildman–Crippen MR) is 149 cm³/mol. The van der Waals surface area contributed by atoms with Crippen LogP contribution in [0.25, 0.3) is 11.0 Å². The first kappa shape index (κ1) is 26.4. The van der Waals surface area contributed by atoms with Gasteiger partial charge in [0.2, 0.25) is 0 Å². The zero-order valence-corrected chi connectivity index (χ0v) is 22.9. The lowest BCUT2D eigenvalue weighted by molar-refractivity contribution is -0.135.